The summed E-state index contributed by atoms with van der Waals surface area (Å²) in [6.07, 6.45) is 5.16. The quantitative estimate of drug-likeness (QED) is 0.607. The van der Waals surface area contributed by atoms with Crippen LogP contribution in [0, 0.1) is 5.92 Å². The lowest BCUT2D eigenvalue weighted by Gasteiger charge is -2.38. The topological polar surface area (TPSA) is 68.2 Å². The summed E-state index contributed by atoms with van der Waals surface area (Å²) in [4.78, 5) is 30.1. The molecule has 1 fully saturated rings. The lowest BCUT2D eigenvalue weighted by Crippen LogP contribution is -2.39. The Morgan fingerprint density at radius 2 is 2.12 bits per heavy atom. The molecule has 1 aromatic rings. The van der Waals surface area contributed by atoms with Crippen molar-refractivity contribution in [2.75, 3.05) is 26.8 Å². The molecule has 0 N–H and O–H groups in total. The number of hydrogen-bond donors (Lipinski definition) is 0. The summed E-state index contributed by atoms with van der Waals surface area (Å²) in [7, 11) is 1.55. The van der Waals surface area contributed by atoms with E-state index in [0.29, 0.717) is 17.9 Å². The number of methoxy groups -OCH3 is 1. The SMILES string of the molecule is CCOC(=O)C1CCN(C2CC=Nc3cc(OC)c(C=O)cc32)CC1. The maximum atomic E-state index is 11.9. The number of rotatable bonds is 5. The van der Waals surface area contributed by atoms with E-state index in [1.54, 1.807) is 7.11 Å². The maximum Gasteiger partial charge on any atom is 0.309 e. The maximum absolute atomic E-state index is 11.9. The molecular weight excluding hydrogens is 320 g/mol. The van der Waals surface area contributed by atoms with E-state index in [4.69, 9.17) is 9.47 Å². The van der Waals surface area contributed by atoms with Crippen molar-refractivity contribution in [1.29, 1.82) is 0 Å². The van der Waals surface area contributed by atoms with Gasteiger partial charge in [-0.1, -0.05) is 0 Å². The van der Waals surface area contributed by atoms with Crippen molar-refractivity contribution in [3.63, 3.8) is 0 Å². The van der Waals surface area contributed by atoms with Crippen molar-refractivity contribution in [3.05, 3.63) is 23.3 Å². The fourth-order valence-electron chi connectivity index (χ4n) is 3.68. The number of esters is 1. The van der Waals surface area contributed by atoms with E-state index >= 15 is 0 Å². The van der Waals surface area contributed by atoms with Gasteiger partial charge in [-0.05, 0) is 44.5 Å². The summed E-state index contributed by atoms with van der Waals surface area (Å²) in [5.41, 5.74) is 2.45. The Labute approximate surface area is 147 Å². The second-order valence-corrected chi connectivity index (χ2v) is 6.40. The Hall–Kier alpha value is -2.21. The monoisotopic (exact) mass is 344 g/mol. The molecule has 1 atom stereocenters. The molecule has 0 bridgehead atoms. The smallest absolute Gasteiger partial charge is 0.309 e. The van der Waals surface area contributed by atoms with Crippen molar-refractivity contribution in [3.8, 4) is 5.75 Å². The molecule has 1 aromatic carbocycles. The van der Waals surface area contributed by atoms with Gasteiger partial charge >= 0.3 is 5.97 Å². The summed E-state index contributed by atoms with van der Waals surface area (Å²) in [6, 6.07) is 3.90. The molecule has 0 aliphatic carbocycles. The zero-order valence-corrected chi connectivity index (χ0v) is 14.7. The van der Waals surface area contributed by atoms with Gasteiger partial charge in [-0.25, -0.2) is 0 Å². The van der Waals surface area contributed by atoms with E-state index in [0.717, 1.165) is 49.9 Å². The Balaban J connectivity index is 1.77. The largest absolute Gasteiger partial charge is 0.496 e. The molecule has 6 nitrogen and oxygen atoms in total. The van der Waals surface area contributed by atoms with Gasteiger partial charge in [0.25, 0.3) is 0 Å². The predicted molar refractivity (Wildman–Crippen MR) is 94.8 cm³/mol. The molecular formula is C19H24N2O4. The van der Waals surface area contributed by atoms with Crippen LogP contribution in [0.4, 0.5) is 5.69 Å². The molecule has 0 spiro atoms. The first-order chi connectivity index (χ1) is 12.2. The Morgan fingerprint density at radius 3 is 2.76 bits per heavy atom. The zero-order chi connectivity index (χ0) is 17.8. The first-order valence-electron chi connectivity index (χ1n) is 8.78. The van der Waals surface area contributed by atoms with Crippen LogP contribution >= 0.6 is 0 Å². The molecule has 3 rings (SSSR count). The van der Waals surface area contributed by atoms with Crippen molar-refractivity contribution >= 4 is 24.2 Å². The third-order valence-corrected chi connectivity index (χ3v) is 5.01. The molecule has 0 aromatic heterocycles. The van der Waals surface area contributed by atoms with Gasteiger partial charge in [-0.3, -0.25) is 19.5 Å². The van der Waals surface area contributed by atoms with Gasteiger partial charge in [0.2, 0.25) is 0 Å². The number of carbonyl (C=O) groups excluding carboxylic acids is 2. The van der Waals surface area contributed by atoms with E-state index in [-0.39, 0.29) is 17.9 Å². The second kappa shape index (κ2) is 7.78. The molecule has 2 heterocycles. The fraction of sp³-hybridized carbons (Fsp3) is 0.526. The average Bonchev–Trinajstić information content (AvgIpc) is 2.66. The Bertz CT molecular complexity index is 678. The third kappa shape index (κ3) is 3.58. The van der Waals surface area contributed by atoms with Gasteiger partial charge in [-0.15, -0.1) is 0 Å². The normalized spacial score (nSPS) is 20.8. The van der Waals surface area contributed by atoms with Crippen LogP contribution in [0.25, 0.3) is 0 Å². The van der Waals surface area contributed by atoms with E-state index in [9.17, 15) is 9.59 Å². The predicted octanol–water partition coefficient (Wildman–Crippen LogP) is 2.93. The highest BCUT2D eigenvalue weighted by Gasteiger charge is 2.32. The highest BCUT2D eigenvalue weighted by molar-refractivity contribution is 5.83. The van der Waals surface area contributed by atoms with E-state index in [1.807, 2.05) is 25.3 Å². The van der Waals surface area contributed by atoms with Crippen LogP contribution in [0.2, 0.25) is 0 Å². The van der Waals surface area contributed by atoms with E-state index in [1.165, 1.54) is 0 Å². The van der Waals surface area contributed by atoms with Crippen molar-refractivity contribution in [1.82, 2.24) is 4.90 Å². The molecule has 2 aliphatic rings. The van der Waals surface area contributed by atoms with Crippen LogP contribution in [-0.4, -0.2) is 50.2 Å². The molecule has 0 amide bonds. The molecule has 134 valence electrons. The number of hydrogen-bond acceptors (Lipinski definition) is 6. The number of ether oxygens (including phenoxy) is 2. The summed E-state index contributed by atoms with van der Waals surface area (Å²) in [5.74, 6) is 0.461. The number of likely N-dealkylation sites (tertiary alicyclic amines) is 1. The minimum atomic E-state index is -0.0827. The summed E-state index contributed by atoms with van der Waals surface area (Å²) < 4.78 is 10.4. The molecule has 6 heteroatoms. The van der Waals surface area contributed by atoms with Gasteiger partial charge in [0.1, 0.15) is 5.75 Å². The molecule has 0 saturated carbocycles. The highest BCUT2D eigenvalue weighted by atomic mass is 16.5. The Morgan fingerprint density at radius 1 is 1.36 bits per heavy atom. The molecule has 1 saturated heterocycles. The number of piperidine rings is 1. The number of nitrogens with zero attached hydrogens (tertiary/aromatic N) is 2. The second-order valence-electron chi connectivity index (χ2n) is 6.40. The van der Waals surface area contributed by atoms with Gasteiger partial charge in [-0.2, -0.15) is 0 Å². The highest BCUT2D eigenvalue weighted by Crippen LogP contribution is 2.40. The number of aliphatic imine (C=N–C) groups is 1. The lowest BCUT2D eigenvalue weighted by atomic mass is 9.91. The fourth-order valence-corrected chi connectivity index (χ4v) is 3.68. The summed E-state index contributed by atoms with van der Waals surface area (Å²) >= 11 is 0. The van der Waals surface area contributed by atoms with E-state index in [2.05, 4.69) is 9.89 Å². The molecule has 1 unspecified atom stereocenters. The minimum absolute atomic E-state index is 0.00525. The van der Waals surface area contributed by atoms with Crippen LogP contribution in [-0.2, 0) is 9.53 Å². The van der Waals surface area contributed by atoms with Crippen molar-refractivity contribution in [2.24, 2.45) is 10.9 Å². The minimum Gasteiger partial charge on any atom is -0.496 e. The zero-order valence-electron chi connectivity index (χ0n) is 14.7. The average molecular weight is 344 g/mol. The Kier molecular flexibility index (Phi) is 5.48. The van der Waals surface area contributed by atoms with Crippen LogP contribution in [0.1, 0.15) is 48.1 Å². The van der Waals surface area contributed by atoms with Crippen molar-refractivity contribution < 1.29 is 19.1 Å². The first kappa shape index (κ1) is 17.6. The van der Waals surface area contributed by atoms with Gasteiger partial charge in [0.05, 0.1) is 30.9 Å². The molecule has 2 aliphatic heterocycles. The molecule has 0 radical (unpaired) electrons. The van der Waals surface area contributed by atoms with Gasteiger partial charge in [0.15, 0.2) is 6.29 Å². The van der Waals surface area contributed by atoms with Crippen LogP contribution in [0.3, 0.4) is 0 Å². The van der Waals surface area contributed by atoms with E-state index < -0.39 is 0 Å². The number of benzene rings is 1. The van der Waals surface area contributed by atoms with Crippen molar-refractivity contribution in [2.45, 2.75) is 32.2 Å². The first-order valence-corrected chi connectivity index (χ1v) is 8.78. The third-order valence-electron chi connectivity index (χ3n) is 5.01. The lowest BCUT2D eigenvalue weighted by molar-refractivity contribution is -0.149. The van der Waals surface area contributed by atoms with Crippen LogP contribution in [0.15, 0.2) is 17.1 Å². The number of carbonyl (C=O) groups is 2. The standard InChI is InChI=1S/C19H24N2O4/c1-3-25-19(23)13-5-8-21(9-6-13)17-4-7-20-16-11-18(24-2)14(12-22)10-15(16)17/h7,10-13,17H,3-6,8-9H2,1-2H3. The van der Waals surface area contributed by atoms with Crippen LogP contribution < -0.4 is 4.74 Å². The summed E-state index contributed by atoms with van der Waals surface area (Å²) in [6.45, 7) is 3.94. The number of fused-ring (bicyclic) bond motifs is 1. The molecule has 25 heavy (non-hydrogen) atoms. The summed E-state index contributed by atoms with van der Waals surface area (Å²) in [5, 5.41) is 0. The van der Waals surface area contributed by atoms with Gasteiger partial charge in [0, 0.05) is 24.7 Å². The number of aldehydes is 1. The van der Waals surface area contributed by atoms with Gasteiger partial charge < -0.3 is 9.47 Å². The van der Waals surface area contributed by atoms with Crippen LogP contribution in [0.5, 0.6) is 5.75 Å².